The molecule has 0 fully saturated rings. The summed E-state index contributed by atoms with van der Waals surface area (Å²) in [5.74, 6) is 0.362. The number of rotatable bonds is 6. The number of aromatic nitrogens is 1. The van der Waals surface area contributed by atoms with Crippen LogP contribution in [0, 0.1) is 6.92 Å². The molecule has 0 aliphatic rings. The molecule has 0 saturated carbocycles. The lowest BCUT2D eigenvalue weighted by atomic mass is 10.2. The molecule has 1 heterocycles. The molecule has 3 aromatic rings. The molecule has 0 bridgehead atoms. The monoisotopic (exact) mass is 370 g/mol. The minimum absolute atomic E-state index is 0.279. The number of fused-ring (bicyclic) bond motifs is 1. The van der Waals surface area contributed by atoms with Gasteiger partial charge < -0.3 is 14.0 Å². The summed E-state index contributed by atoms with van der Waals surface area (Å²) in [5, 5.41) is 0. The Labute approximate surface area is 156 Å². The van der Waals surface area contributed by atoms with Gasteiger partial charge in [0.25, 0.3) is 5.91 Å². The predicted molar refractivity (Wildman–Crippen MR) is 104 cm³/mol. The number of amides is 1. The summed E-state index contributed by atoms with van der Waals surface area (Å²) in [5.41, 5.74) is 2.77. The van der Waals surface area contributed by atoms with Gasteiger partial charge >= 0.3 is 0 Å². The van der Waals surface area contributed by atoms with Crippen molar-refractivity contribution in [3.05, 3.63) is 58.4 Å². The number of benzene rings is 2. The average Bonchev–Trinajstić information content (AvgIpc) is 3.00. The summed E-state index contributed by atoms with van der Waals surface area (Å²) >= 11 is 1.52. The fraction of sp³-hybridized carbons (Fsp3) is 0.300. The molecule has 1 aromatic heterocycles. The van der Waals surface area contributed by atoms with Crippen molar-refractivity contribution in [3.8, 4) is 5.75 Å². The lowest BCUT2D eigenvalue weighted by molar-refractivity contribution is 0.0996. The number of carbonyl (C=O) groups excluding carboxylic acids is 1. The van der Waals surface area contributed by atoms with E-state index >= 15 is 0 Å². The summed E-state index contributed by atoms with van der Waals surface area (Å²) in [6.07, 6.45) is 0. The van der Waals surface area contributed by atoms with Crippen LogP contribution in [-0.4, -0.2) is 30.8 Å². The predicted octanol–water partition coefficient (Wildman–Crippen LogP) is 3.80. The van der Waals surface area contributed by atoms with Crippen molar-refractivity contribution in [2.45, 2.75) is 20.4 Å². The van der Waals surface area contributed by atoms with Gasteiger partial charge in [-0.3, -0.25) is 4.79 Å². The van der Waals surface area contributed by atoms with Gasteiger partial charge in [-0.2, -0.15) is 4.99 Å². The Morgan fingerprint density at radius 2 is 2.04 bits per heavy atom. The Kier molecular flexibility index (Phi) is 5.85. The second-order valence-electron chi connectivity index (χ2n) is 5.80. The number of methoxy groups -OCH3 is 1. The first-order chi connectivity index (χ1) is 12.6. The standard InChI is InChI=1S/C20H22N2O3S/c1-4-25-12-11-22-18-14(2)7-5-10-17(18)26-20(22)21-19(23)15-8-6-9-16(13-15)24-3/h5-10,13H,4,11-12H2,1-3H3. The van der Waals surface area contributed by atoms with Gasteiger partial charge in [0.2, 0.25) is 0 Å². The van der Waals surface area contributed by atoms with E-state index in [0.717, 1.165) is 15.8 Å². The largest absolute Gasteiger partial charge is 0.497 e. The third-order valence-electron chi connectivity index (χ3n) is 4.08. The second kappa shape index (κ2) is 8.29. The summed E-state index contributed by atoms with van der Waals surface area (Å²) in [6.45, 7) is 5.94. The fourth-order valence-electron chi connectivity index (χ4n) is 2.81. The minimum atomic E-state index is -0.279. The van der Waals surface area contributed by atoms with E-state index in [2.05, 4.69) is 28.6 Å². The highest BCUT2D eigenvalue weighted by Gasteiger charge is 2.11. The first-order valence-corrected chi connectivity index (χ1v) is 9.35. The third kappa shape index (κ3) is 3.86. The van der Waals surface area contributed by atoms with Gasteiger partial charge in [0.1, 0.15) is 5.75 Å². The third-order valence-corrected chi connectivity index (χ3v) is 5.12. The quantitative estimate of drug-likeness (QED) is 0.620. The van der Waals surface area contributed by atoms with Gasteiger partial charge in [0.05, 0.1) is 23.9 Å². The van der Waals surface area contributed by atoms with Crippen LogP contribution in [0.2, 0.25) is 0 Å². The summed E-state index contributed by atoms with van der Waals surface area (Å²) in [7, 11) is 1.58. The van der Waals surface area contributed by atoms with E-state index in [1.165, 1.54) is 11.3 Å². The van der Waals surface area contributed by atoms with Gasteiger partial charge in [0, 0.05) is 18.7 Å². The van der Waals surface area contributed by atoms with Gasteiger partial charge in [-0.1, -0.05) is 29.5 Å². The van der Waals surface area contributed by atoms with Gasteiger partial charge in [-0.25, -0.2) is 0 Å². The molecule has 0 aliphatic carbocycles. The van der Waals surface area contributed by atoms with Crippen molar-refractivity contribution in [2.24, 2.45) is 4.99 Å². The molecule has 26 heavy (non-hydrogen) atoms. The Bertz CT molecular complexity index is 988. The van der Waals surface area contributed by atoms with Gasteiger partial charge in [-0.05, 0) is 43.7 Å². The van der Waals surface area contributed by atoms with E-state index in [1.54, 1.807) is 25.3 Å². The molecule has 0 aliphatic heterocycles. The molecule has 5 nitrogen and oxygen atoms in total. The Balaban J connectivity index is 2.07. The maximum atomic E-state index is 12.7. The van der Waals surface area contributed by atoms with Crippen LogP contribution in [0.3, 0.4) is 0 Å². The molecule has 0 N–H and O–H groups in total. The van der Waals surface area contributed by atoms with E-state index < -0.39 is 0 Å². The van der Waals surface area contributed by atoms with E-state index in [0.29, 0.717) is 35.9 Å². The van der Waals surface area contributed by atoms with E-state index in [-0.39, 0.29) is 5.91 Å². The molecule has 1 amide bonds. The zero-order valence-corrected chi connectivity index (χ0v) is 16.0. The Morgan fingerprint density at radius 3 is 2.81 bits per heavy atom. The molecule has 0 radical (unpaired) electrons. The van der Waals surface area contributed by atoms with Crippen LogP contribution >= 0.6 is 11.3 Å². The van der Waals surface area contributed by atoms with Crippen LogP contribution in [0.5, 0.6) is 5.75 Å². The number of nitrogens with zero attached hydrogens (tertiary/aromatic N) is 2. The van der Waals surface area contributed by atoms with Crippen molar-refractivity contribution in [1.29, 1.82) is 0 Å². The lowest BCUT2D eigenvalue weighted by Crippen LogP contribution is -2.20. The van der Waals surface area contributed by atoms with Gasteiger partial charge in [-0.15, -0.1) is 0 Å². The summed E-state index contributed by atoms with van der Waals surface area (Å²) in [4.78, 5) is 17.7. The number of hydrogen-bond acceptors (Lipinski definition) is 4. The first-order valence-electron chi connectivity index (χ1n) is 8.54. The van der Waals surface area contributed by atoms with Crippen LogP contribution in [0.1, 0.15) is 22.8 Å². The maximum Gasteiger partial charge on any atom is 0.279 e. The number of thiazole rings is 1. The Hall–Kier alpha value is -2.44. The summed E-state index contributed by atoms with van der Waals surface area (Å²) in [6, 6.07) is 13.2. The minimum Gasteiger partial charge on any atom is -0.497 e. The average molecular weight is 370 g/mol. The number of carbonyl (C=O) groups is 1. The van der Waals surface area contributed by atoms with E-state index in [9.17, 15) is 4.79 Å². The summed E-state index contributed by atoms with van der Waals surface area (Å²) < 4.78 is 13.9. The number of aryl methyl sites for hydroxylation is 1. The van der Waals surface area contributed by atoms with Crippen molar-refractivity contribution < 1.29 is 14.3 Å². The zero-order chi connectivity index (χ0) is 18.5. The zero-order valence-electron chi connectivity index (χ0n) is 15.2. The Morgan fingerprint density at radius 1 is 1.23 bits per heavy atom. The van der Waals surface area contributed by atoms with Crippen LogP contribution in [-0.2, 0) is 11.3 Å². The van der Waals surface area contributed by atoms with Crippen molar-refractivity contribution in [1.82, 2.24) is 4.57 Å². The number of para-hydroxylation sites is 1. The molecule has 0 atom stereocenters. The molecular formula is C20H22N2O3S. The fourth-order valence-corrected chi connectivity index (χ4v) is 3.94. The first kappa shape index (κ1) is 18.4. The lowest BCUT2D eigenvalue weighted by Gasteiger charge is -2.07. The van der Waals surface area contributed by atoms with Gasteiger partial charge in [0.15, 0.2) is 4.80 Å². The number of ether oxygens (including phenoxy) is 2. The molecule has 3 rings (SSSR count). The molecule has 0 unspecified atom stereocenters. The topological polar surface area (TPSA) is 52.8 Å². The highest BCUT2D eigenvalue weighted by molar-refractivity contribution is 7.16. The van der Waals surface area contributed by atoms with E-state index in [4.69, 9.17) is 9.47 Å². The van der Waals surface area contributed by atoms with Crippen LogP contribution < -0.4 is 9.54 Å². The molecule has 0 spiro atoms. The molecule has 136 valence electrons. The molecule has 6 heteroatoms. The van der Waals surface area contributed by atoms with Crippen molar-refractivity contribution >= 4 is 27.5 Å². The van der Waals surface area contributed by atoms with E-state index in [1.807, 2.05) is 19.1 Å². The molecule has 0 saturated heterocycles. The van der Waals surface area contributed by atoms with Crippen LogP contribution in [0.4, 0.5) is 0 Å². The normalized spacial score (nSPS) is 11.9. The van der Waals surface area contributed by atoms with Crippen LogP contribution in [0.15, 0.2) is 47.5 Å². The smallest absolute Gasteiger partial charge is 0.279 e. The van der Waals surface area contributed by atoms with Crippen molar-refractivity contribution in [2.75, 3.05) is 20.3 Å². The second-order valence-corrected chi connectivity index (χ2v) is 6.81. The van der Waals surface area contributed by atoms with Crippen molar-refractivity contribution in [3.63, 3.8) is 0 Å². The maximum absolute atomic E-state index is 12.7. The SMILES string of the molecule is CCOCCn1c(=NC(=O)c2cccc(OC)c2)sc2cccc(C)c21. The molecular weight excluding hydrogens is 348 g/mol. The molecule has 2 aromatic carbocycles. The highest BCUT2D eigenvalue weighted by atomic mass is 32.1. The number of hydrogen-bond donors (Lipinski definition) is 0. The highest BCUT2D eigenvalue weighted by Crippen LogP contribution is 2.21. The van der Waals surface area contributed by atoms with Crippen LogP contribution in [0.25, 0.3) is 10.2 Å².